The normalized spacial score (nSPS) is 19.1. The number of rotatable bonds is 1. The van der Waals surface area contributed by atoms with Gasteiger partial charge in [0.25, 0.3) is 0 Å². The molecule has 1 heterocycles. The zero-order valence-electron chi connectivity index (χ0n) is 10.6. The van der Waals surface area contributed by atoms with E-state index in [1.807, 2.05) is 32.0 Å². The molecule has 0 bridgehead atoms. The lowest BCUT2D eigenvalue weighted by molar-refractivity contribution is 0.120. The molecule has 1 aliphatic heterocycles. The average Bonchev–Trinajstić information content (AvgIpc) is 2.27. The fourth-order valence-electron chi connectivity index (χ4n) is 2.22. The van der Waals surface area contributed by atoms with Gasteiger partial charge in [-0.3, -0.25) is 4.90 Å². The highest BCUT2D eigenvalue weighted by Crippen LogP contribution is 2.31. The van der Waals surface area contributed by atoms with Gasteiger partial charge in [0.15, 0.2) is 0 Å². The number of ether oxygens (including phenoxy) is 1. The first-order valence-corrected chi connectivity index (χ1v) is 6.17. The first-order chi connectivity index (χ1) is 8.09. The summed E-state index contributed by atoms with van der Waals surface area (Å²) in [6.45, 7) is 5.81. The number of amides is 1. The number of nitrogens with zero attached hydrogens (tertiary/aromatic N) is 1. The molecule has 1 aromatic rings. The van der Waals surface area contributed by atoms with Crippen molar-refractivity contribution < 1.29 is 9.53 Å². The Hall–Kier alpha value is -1.51. The number of aryl methyl sites for hydroxylation is 1. The largest absolute Gasteiger partial charge is 0.446 e. The van der Waals surface area contributed by atoms with Crippen LogP contribution in [0.5, 0.6) is 0 Å². The van der Waals surface area contributed by atoms with Gasteiger partial charge in [-0.1, -0.05) is 18.2 Å². The quantitative estimate of drug-likeness (QED) is 0.744. The highest BCUT2D eigenvalue weighted by Gasteiger charge is 2.29. The molecule has 3 nitrogen and oxygen atoms in total. The summed E-state index contributed by atoms with van der Waals surface area (Å²) in [4.78, 5) is 13.9. The van der Waals surface area contributed by atoms with Crippen LogP contribution in [0.2, 0.25) is 0 Å². The Kier molecular flexibility index (Phi) is 3.36. The topological polar surface area (TPSA) is 29.5 Å². The van der Waals surface area contributed by atoms with Crippen molar-refractivity contribution in [2.24, 2.45) is 0 Å². The third-order valence-electron chi connectivity index (χ3n) is 3.06. The number of benzene rings is 1. The number of hydrogen-bond acceptors (Lipinski definition) is 2. The predicted molar refractivity (Wildman–Crippen MR) is 68.3 cm³/mol. The van der Waals surface area contributed by atoms with Crippen molar-refractivity contribution >= 4 is 11.8 Å². The van der Waals surface area contributed by atoms with E-state index in [1.54, 1.807) is 4.90 Å². The predicted octanol–water partition coefficient (Wildman–Crippen LogP) is 3.37. The molecule has 1 amide bonds. The van der Waals surface area contributed by atoms with Crippen LogP contribution in [0, 0.1) is 0 Å². The Labute approximate surface area is 102 Å². The van der Waals surface area contributed by atoms with Crippen LogP contribution in [0.1, 0.15) is 32.8 Å². The first-order valence-electron chi connectivity index (χ1n) is 6.17. The van der Waals surface area contributed by atoms with Gasteiger partial charge < -0.3 is 4.74 Å². The highest BCUT2D eigenvalue weighted by molar-refractivity contribution is 5.90. The molecule has 2 rings (SSSR count). The number of carbonyl (C=O) groups is 1. The van der Waals surface area contributed by atoms with Crippen LogP contribution in [0.25, 0.3) is 0 Å². The van der Waals surface area contributed by atoms with E-state index in [0.29, 0.717) is 0 Å². The van der Waals surface area contributed by atoms with E-state index in [-0.39, 0.29) is 18.2 Å². The molecule has 17 heavy (non-hydrogen) atoms. The SMILES string of the molecule is CC(C)OC(=O)N1c2ccccc2CCC1C. The number of hydrogen-bond donors (Lipinski definition) is 0. The van der Waals surface area contributed by atoms with Crippen molar-refractivity contribution in [3.63, 3.8) is 0 Å². The number of fused-ring (bicyclic) bond motifs is 1. The van der Waals surface area contributed by atoms with E-state index in [0.717, 1.165) is 18.5 Å². The van der Waals surface area contributed by atoms with E-state index in [9.17, 15) is 4.79 Å². The summed E-state index contributed by atoms with van der Waals surface area (Å²) >= 11 is 0. The van der Waals surface area contributed by atoms with Gasteiger partial charge in [-0.25, -0.2) is 4.79 Å². The van der Waals surface area contributed by atoms with Gasteiger partial charge in [-0.15, -0.1) is 0 Å². The van der Waals surface area contributed by atoms with Gasteiger partial charge in [0.2, 0.25) is 0 Å². The Morgan fingerprint density at radius 2 is 2.12 bits per heavy atom. The van der Waals surface area contributed by atoms with Gasteiger partial charge in [0, 0.05) is 6.04 Å². The fourth-order valence-corrected chi connectivity index (χ4v) is 2.22. The minimum Gasteiger partial charge on any atom is -0.446 e. The number of anilines is 1. The molecule has 1 aliphatic rings. The maximum absolute atomic E-state index is 12.1. The van der Waals surface area contributed by atoms with Crippen molar-refractivity contribution in [1.29, 1.82) is 0 Å². The third kappa shape index (κ3) is 2.43. The second-order valence-electron chi connectivity index (χ2n) is 4.82. The van der Waals surface area contributed by atoms with Crippen LogP contribution in [-0.4, -0.2) is 18.2 Å². The van der Waals surface area contributed by atoms with Crippen LogP contribution < -0.4 is 4.90 Å². The van der Waals surface area contributed by atoms with E-state index < -0.39 is 0 Å². The van der Waals surface area contributed by atoms with Crippen LogP contribution >= 0.6 is 0 Å². The minimum absolute atomic E-state index is 0.0798. The fraction of sp³-hybridized carbons (Fsp3) is 0.500. The van der Waals surface area contributed by atoms with Gasteiger partial charge in [0.1, 0.15) is 0 Å². The molecule has 92 valence electrons. The lowest BCUT2D eigenvalue weighted by atomic mass is 9.97. The molecule has 1 aromatic carbocycles. The zero-order chi connectivity index (χ0) is 12.4. The summed E-state index contributed by atoms with van der Waals surface area (Å²) in [5.74, 6) is 0. The lowest BCUT2D eigenvalue weighted by Crippen LogP contribution is -2.43. The molecule has 0 fully saturated rings. The van der Waals surface area contributed by atoms with Crippen molar-refractivity contribution in [2.75, 3.05) is 4.90 Å². The molecule has 3 heteroatoms. The second-order valence-corrected chi connectivity index (χ2v) is 4.82. The van der Waals surface area contributed by atoms with E-state index in [2.05, 4.69) is 13.0 Å². The molecule has 0 saturated heterocycles. The number of para-hydroxylation sites is 1. The first kappa shape index (κ1) is 12.0. The molecular weight excluding hydrogens is 214 g/mol. The lowest BCUT2D eigenvalue weighted by Gasteiger charge is -2.34. The summed E-state index contributed by atoms with van der Waals surface area (Å²) in [5.41, 5.74) is 2.23. The van der Waals surface area contributed by atoms with E-state index in [4.69, 9.17) is 4.74 Å². The van der Waals surface area contributed by atoms with Crippen molar-refractivity contribution in [2.45, 2.75) is 45.8 Å². The van der Waals surface area contributed by atoms with Gasteiger partial charge in [-0.2, -0.15) is 0 Å². The Balaban J connectivity index is 2.29. The molecule has 0 spiro atoms. The summed E-state index contributed by atoms with van der Waals surface area (Å²) < 4.78 is 5.30. The van der Waals surface area contributed by atoms with Crippen LogP contribution in [-0.2, 0) is 11.2 Å². The van der Waals surface area contributed by atoms with Crippen LogP contribution in [0.15, 0.2) is 24.3 Å². The summed E-state index contributed by atoms with van der Waals surface area (Å²) in [6, 6.07) is 8.26. The molecule has 1 atom stereocenters. The Morgan fingerprint density at radius 3 is 2.82 bits per heavy atom. The zero-order valence-corrected chi connectivity index (χ0v) is 10.6. The monoisotopic (exact) mass is 233 g/mol. The van der Waals surface area contributed by atoms with Crippen molar-refractivity contribution in [3.05, 3.63) is 29.8 Å². The second kappa shape index (κ2) is 4.78. The molecule has 0 radical (unpaired) electrons. The highest BCUT2D eigenvalue weighted by atomic mass is 16.6. The standard InChI is InChI=1S/C14H19NO2/c1-10(2)17-14(16)15-11(3)8-9-12-6-4-5-7-13(12)15/h4-7,10-11H,8-9H2,1-3H3. The number of carbonyl (C=O) groups excluding carboxylic acids is 1. The van der Waals surface area contributed by atoms with Crippen molar-refractivity contribution in [3.8, 4) is 0 Å². The maximum atomic E-state index is 12.1. The van der Waals surface area contributed by atoms with Gasteiger partial charge in [-0.05, 0) is 45.2 Å². The minimum atomic E-state index is -0.236. The summed E-state index contributed by atoms with van der Waals surface area (Å²) in [7, 11) is 0. The molecule has 0 aromatic heterocycles. The van der Waals surface area contributed by atoms with Crippen molar-refractivity contribution in [1.82, 2.24) is 0 Å². The molecular formula is C14H19NO2. The smallest absolute Gasteiger partial charge is 0.414 e. The third-order valence-corrected chi connectivity index (χ3v) is 3.06. The van der Waals surface area contributed by atoms with Crippen LogP contribution in [0.4, 0.5) is 10.5 Å². The molecule has 0 aliphatic carbocycles. The van der Waals surface area contributed by atoms with Gasteiger partial charge >= 0.3 is 6.09 Å². The van der Waals surface area contributed by atoms with Gasteiger partial charge in [0.05, 0.1) is 11.8 Å². The average molecular weight is 233 g/mol. The molecule has 0 saturated carbocycles. The summed E-state index contributed by atoms with van der Waals surface area (Å²) in [5, 5.41) is 0. The van der Waals surface area contributed by atoms with E-state index >= 15 is 0 Å². The summed E-state index contributed by atoms with van der Waals surface area (Å²) in [6.07, 6.45) is 1.70. The maximum Gasteiger partial charge on any atom is 0.414 e. The van der Waals surface area contributed by atoms with E-state index in [1.165, 1.54) is 5.56 Å². The Bertz CT molecular complexity index is 414. The molecule has 1 unspecified atom stereocenters. The Morgan fingerprint density at radius 1 is 1.41 bits per heavy atom. The van der Waals surface area contributed by atoms with Crippen LogP contribution in [0.3, 0.4) is 0 Å². The molecule has 0 N–H and O–H groups in total.